The lowest BCUT2D eigenvalue weighted by molar-refractivity contribution is -0.137. The van der Waals surface area contributed by atoms with E-state index in [4.69, 9.17) is 22.7 Å². The van der Waals surface area contributed by atoms with Crippen LogP contribution >= 0.6 is 11.6 Å². The number of aryl methyl sites for hydroxylation is 1. The number of carbonyl (C=O) groups excluding carboxylic acids is 2. The largest absolute Gasteiger partial charge is 0.416 e. The van der Waals surface area contributed by atoms with Gasteiger partial charge >= 0.3 is 6.18 Å². The predicted molar refractivity (Wildman–Crippen MR) is 214 cm³/mol. The van der Waals surface area contributed by atoms with E-state index in [0.717, 1.165) is 48.7 Å². The molecule has 5 N–H and O–H groups in total. The number of nitrogens with two attached hydrogens (primary N) is 1. The molecule has 2 aromatic rings. The first kappa shape index (κ1) is 46.5. The van der Waals surface area contributed by atoms with E-state index < -0.39 is 23.1 Å². The number of carbonyl (C=O) groups is 2. The van der Waals surface area contributed by atoms with Gasteiger partial charge in [-0.25, -0.2) is 0 Å². The number of halogens is 4. The highest BCUT2D eigenvalue weighted by Crippen LogP contribution is 2.35. The van der Waals surface area contributed by atoms with Crippen molar-refractivity contribution in [1.29, 1.82) is 5.41 Å². The molecule has 0 aromatic heterocycles. The Bertz CT molecular complexity index is 1600. The molecule has 1 heterocycles. The number of hydrogen-bond acceptors (Lipinski definition) is 6. The maximum Gasteiger partial charge on any atom is 0.416 e. The maximum absolute atomic E-state index is 12.8. The fourth-order valence-corrected chi connectivity index (χ4v) is 6.25. The molecule has 1 aliphatic heterocycles. The van der Waals surface area contributed by atoms with E-state index in [0.29, 0.717) is 18.0 Å². The van der Waals surface area contributed by atoms with Crippen LogP contribution in [0.1, 0.15) is 96.8 Å². The smallest absolute Gasteiger partial charge is 0.404 e. The molecule has 0 atom stereocenters. The lowest BCUT2D eigenvalue weighted by atomic mass is 9.81. The number of alkyl halides is 4. The van der Waals surface area contributed by atoms with Crippen LogP contribution in [0.2, 0.25) is 0 Å². The molecule has 2 aliphatic rings. The van der Waals surface area contributed by atoms with Crippen LogP contribution in [-0.2, 0) is 28.7 Å². The van der Waals surface area contributed by atoms with Crippen LogP contribution in [0.3, 0.4) is 0 Å². The molecule has 1 saturated carbocycles. The topological polar surface area (TPSA) is 111 Å². The van der Waals surface area contributed by atoms with Gasteiger partial charge in [-0.1, -0.05) is 70.9 Å². The first-order valence-electron chi connectivity index (χ1n) is 18.0. The molecule has 1 amide bonds. The highest BCUT2D eigenvalue weighted by Gasteiger charge is 2.37. The molecule has 11 heteroatoms. The van der Waals surface area contributed by atoms with E-state index in [-0.39, 0.29) is 30.9 Å². The molecule has 2 aromatic carbocycles. The van der Waals surface area contributed by atoms with Gasteiger partial charge < -0.3 is 26.7 Å². The number of allylic oxidation sites excluding steroid dienone is 2. The van der Waals surface area contributed by atoms with E-state index >= 15 is 0 Å². The number of nitrogens with zero attached hydrogens (tertiary/aromatic N) is 1. The summed E-state index contributed by atoms with van der Waals surface area (Å²) in [6, 6.07) is 13.6. The summed E-state index contributed by atoms with van der Waals surface area (Å²) >= 11 is 5.89. The fraction of sp³-hybridized carbons (Fsp3) is 0.452. The van der Waals surface area contributed by atoms with Gasteiger partial charge in [-0.3, -0.25) is 9.59 Å². The molecule has 290 valence electrons. The number of nitrogens with one attached hydrogen (secondary N) is 3. The first-order chi connectivity index (χ1) is 25.2. The summed E-state index contributed by atoms with van der Waals surface area (Å²) in [5, 5.41) is 14.2. The van der Waals surface area contributed by atoms with Crippen LogP contribution in [0.5, 0.6) is 0 Å². The standard InChI is InChI=1S/C22H27F3N4O2.C16H22ClN.C2H6.C2H2/c1-14(30)8-16-12-29(20(31)17(9-26)10-27)13-21(2,3)19(16)28-11-15-4-6-18(7-5-15)22(23,24)25;1-2-5-13-6-3-9-15(12-13)18-16(10-11-17)14-7-4-8-14;2*1-2/h4-7,9-10,26,28H,8,11-13,27H2,1-3H3;3,6,9,12,18H,2,4-5,7-8,10-11H2,1H3;1-2H3;1-2H/b17-10+,26-9?;;;. The van der Waals surface area contributed by atoms with E-state index in [2.05, 4.69) is 54.7 Å². The Balaban J connectivity index is 0.000000540. The minimum atomic E-state index is -4.39. The number of anilines is 1. The molecular weight excluding hydrogens is 699 g/mol. The van der Waals surface area contributed by atoms with Crippen LogP contribution in [0.4, 0.5) is 18.9 Å². The number of terminal acetylenes is 1. The van der Waals surface area contributed by atoms with Gasteiger partial charge in [-0.15, -0.1) is 24.4 Å². The molecule has 1 aliphatic carbocycles. The van der Waals surface area contributed by atoms with Crippen molar-refractivity contribution in [2.24, 2.45) is 11.1 Å². The molecule has 0 spiro atoms. The zero-order valence-electron chi connectivity index (χ0n) is 32.1. The Morgan fingerprint density at radius 1 is 1.08 bits per heavy atom. The van der Waals surface area contributed by atoms with Crippen LogP contribution in [0.25, 0.3) is 0 Å². The number of Topliss-reactive ketones (excluding diaryl/α,β-unsaturated/α-hetero) is 1. The van der Waals surface area contributed by atoms with Crippen molar-refractivity contribution >= 4 is 35.2 Å². The fourth-order valence-electron chi connectivity index (χ4n) is 6.06. The highest BCUT2D eigenvalue weighted by atomic mass is 35.5. The Labute approximate surface area is 319 Å². The minimum absolute atomic E-state index is 0.0548. The van der Waals surface area contributed by atoms with Crippen molar-refractivity contribution in [3.8, 4) is 12.8 Å². The van der Waals surface area contributed by atoms with Crippen molar-refractivity contribution < 1.29 is 22.8 Å². The summed E-state index contributed by atoms with van der Waals surface area (Å²) in [5.74, 6) is 0.226. The van der Waals surface area contributed by atoms with Gasteiger partial charge in [0.05, 0.1) is 11.1 Å². The molecule has 0 bridgehead atoms. The lowest BCUT2D eigenvalue weighted by Crippen LogP contribution is -2.49. The molecule has 53 heavy (non-hydrogen) atoms. The quantitative estimate of drug-likeness (QED) is 0.0704. The lowest BCUT2D eigenvalue weighted by Gasteiger charge is -2.42. The normalized spacial score (nSPS) is 14.8. The molecule has 0 saturated heterocycles. The Kier molecular flexibility index (Phi) is 20.4. The van der Waals surface area contributed by atoms with Gasteiger partial charge in [0.25, 0.3) is 5.91 Å². The summed E-state index contributed by atoms with van der Waals surface area (Å²) in [5.41, 5.74) is 11.9. The van der Waals surface area contributed by atoms with E-state index in [9.17, 15) is 22.8 Å². The second-order valence-corrected chi connectivity index (χ2v) is 13.5. The number of ketones is 1. The second-order valence-electron chi connectivity index (χ2n) is 13.2. The second kappa shape index (κ2) is 23.2. The third-order valence-corrected chi connectivity index (χ3v) is 8.76. The van der Waals surface area contributed by atoms with E-state index in [1.807, 2.05) is 27.7 Å². The molecular formula is C42H57ClF3N5O2. The number of rotatable bonds is 13. The van der Waals surface area contributed by atoms with Crippen LogP contribution in [0.15, 0.2) is 82.8 Å². The average molecular weight is 756 g/mol. The third-order valence-electron chi connectivity index (χ3n) is 8.57. The predicted octanol–water partition coefficient (Wildman–Crippen LogP) is 9.78. The van der Waals surface area contributed by atoms with E-state index in [1.165, 1.54) is 61.7 Å². The Hall–Kier alpha value is -4.49. The summed E-state index contributed by atoms with van der Waals surface area (Å²) < 4.78 is 38.3. The van der Waals surface area contributed by atoms with Gasteiger partial charge in [0.2, 0.25) is 0 Å². The van der Waals surface area contributed by atoms with Gasteiger partial charge in [-0.05, 0) is 73.6 Å². The minimum Gasteiger partial charge on any atom is -0.404 e. The molecule has 0 radical (unpaired) electrons. The van der Waals surface area contributed by atoms with Crippen molar-refractivity contribution in [1.82, 2.24) is 10.2 Å². The van der Waals surface area contributed by atoms with Gasteiger partial charge in [0.15, 0.2) is 0 Å². The summed E-state index contributed by atoms with van der Waals surface area (Å²) in [7, 11) is 0. The van der Waals surface area contributed by atoms with Crippen LogP contribution in [-0.4, -0.2) is 41.8 Å². The van der Waals surface area contributed by atoms with Crippen molar-refractivity contribution in [3.63, 3.8) is 0 Å². The molecule has 7 nitrogen and oxygen atoms in total. The number of amides is 1. The zero-order chi connectivity index (χ0) is 40.2. The number of hydrogen-bond donors (Lipinski definition) is 4. The van der Waals surface area contributed by atoms with Crippen LogP contribution < -0.4 is 16.4 Å². The summed E-state index contributed by atoms with van der Waals surface area (Å²) in [6.07, 6.45) is 12.8. The Morgan fingerprint density at radius 2 is 1.72 bits per heavy atom. The first-order valence-corrected chi connectivity index (χ1v) is 18.6. The average Bonchev–Trinajstić information content (AvgIpc) is 3.09. The van der Waals surface area contributed by atoms with Gasteiger partial charge in [0.1, 0.15) is 5.78 Å². The zero-order valence-corrected chi connectivity index (χ0v) is 32.8. The SMILES string of the molecule is C#C.CC.CC(=O)CC1=C(NCc2ccc(C(F)(F)F)cc2)C(C)(C)CN(C(=O)/C(C=N)=C/N)C1.CCCc1cccc(NC(CCCl)=C2CCC2)c1. The maximum atomic E-state index is 12.8. The van der Waals surface area contributed by atoms with Crippen molar-refractivity contribution in [2.75, 3.05) is 24.3 Å². The highest BCUT2D eigenvalue weighted by molar-refractivity contribution is 6.18. The van der Waals surface area contributed by atoms with Crippen molar-refractivity contribution in [3.05, 3.63) is 99.5 Å². The van der Waals surface area contributed by atoms with Gasteiger partial charge in [-0.2, -0.15) is 13.2 Å². The number of benzene rings is 2. The third kappa shape index (κ3) is 14.8. The monoisotopic (exact) mass is 755 g/mol. The van der Waals surface area contributed by atoms with Crippen LogP contribution in [0, 0.1) is 23.7 Å². The van der Waals surface area contributed by atoms with Gasteiger partial charge in [0, 0.05) is 73.3 Å². The van der Waals surface area contributed by atoms with Crippen molar-refractivity contribution in [2.45, 2.75) is 99.2 Å². The molecule has 1 fully saturated rings. The molecule has 4 rings (SSSR count). The molecule has 0 unspecified atom stereocenters. The Morgan fingerprint density at radius 3 is 2.21 bits per heavy atom. The summed E-state index contributed by atoms with van der Waals surface area (Å²) in [6.45, 7) is 12.3. The van der Waals surface area contributed by atoms with E-state index in [1.54, 1.807) is 10.5 Å². The summed E-state index contributed by atoms with van der Waals surface area (Å²) in [4.78, 5) is 26.1.